The van der Waals surface area contributed by atoms with Crippen LogP contribution in [0.2, 0.25) is 3.63 Å². The Hall–Kier alpha value is -1.70. The van der Waals surface area contributed by atoms with Gasteiger partial charge < -0.3 is 29.7 Å². The van der Waals surface area contributed by atoms with Gasteiger partial charge in [0.05, 0.1) is 0 Å². The topological polar surface area (TPSA) is 172 Å². The van der Waals surface area contributed by atoms with Crippen LogP contribution < -0.4 is 15.3 Å². The van der Waals surface area contributed by atoms with Crippen LogP contribution >= 0.6 is 0 Å². The van der Waals surface area contributed by atoms with E-state index in [1.54, 1.807) is 24.7 Å². The van der Waals surface area contributed by atoms with Crippen molar-refractivity contribution in [3.8, 4) is 0 Å². The Labute approximate surface area is 161 Å². The Balaban J connectivity index is -0.000000120. The second kappa shape index (κ2) is 20.3. The Morgan fingerprint density at radius 1 is 0.640 bits per heavy atom. The van der Waals surface area contributed by atoms with Crippen LogP contribution in [0.1, 0.15) is 53.9 Å². The van der Waals surface area contributed by atoms with Crippen molar-refractivity contribution in [3.63, 3.8) is 0 Å². The third kappa shape index (κ3) is 86.6. The minimum absolute atomic E-state index is 0.375. The van der Waals surface area contributed by atoms with Crippen LogP contribution in [0.4, 0.5) is 0 Å². The molecule has 0 aliphatic heterocycles. The summed E-state index contributed by atoms with van der Waals surface area (Å²) in [6.07, 6.45) is -1.42. The van der Waals surface area contributed by atoms with Crippen molar-refractivity contribution in [1.82, 2.24) is 0 Å². The van der Waals surface area contributed by atoms with E-state index in [1.165, 1.54) is 20.8 Å². The number of carboxylic acids is 3. The predicted molar refractivity (Wildman–Crippen MR) is 76.0 cm³/mol. The Morgan fingerprint density at radius 3 is 0.760 bits per heavy atom. The van der Waals surface area contributed by atoms with E-state index in [0.717, 1.165) is 3.63 Å². The minimum atomic E-state index is -1.31. The van der Waals surface area contributed by atoms with Gasteiger partial charge in [0, 0.05) is 37.2 Å². The van der Waals surface area contributed by atoms with E-state index in [1.807, 2.05) is 0 Å². The van der Waals surface area contributed by atoms with Gasteiger partial charge in [-0.1, -0.05) is 0 Å². The fourth-order valence-electron chi connectivity index (χ4n) is 0.610. The van der Waals surface area contributed by atoms with E-state index < -0.39 is 37.2 Å². The first kappa shape index (κ1) is 31.1. The molecule has 0 heterocycles. The molecule has 0 aliphatic rings. The van der Waals surface area contributed by atoms with Gasteiger partial charge in [-0.25, -0.2) is 0 Å². The molecule has 0 unspecified atom stereocenters. The number of carboxylic acid groups (broad SMARTS) is 3. The fourth-order valence-corrected chi connectivity index (χ4v) is 0.610. The Morgan fingerprint density at radius 2 is 0.760 bits per heavy atom. The molecule has 0 fully saturated rings. The van der Waals surface area contributed by atoms with Crippen LogP contribution in [0.25, 0.3) is 0 Å². The number of rotatable bonds is 6. The summed E-state index contributed by atoms with van der Waals surface area (Å²) >= 11 is 1.64. The molecule has 0 aromatic carbocycles. The van der Waals surface area contributed by atoms with Gasteiger partial charge in [0.25, 0.3) is 0 Å². The van der Waals surface area contributed by atoms with E-state index in [0.29, 0.717) is 0 Å². The molecule has 9 nitrogen and oxygen atoms in total. The van der Waals surface area contributed by atoms with Crippen molar-refractivity contribution in [2.45, 2.75) is 57.5 Å². The second-order valence-corrected chi connectivity index (χ2v) is 7.75. The molecule has 0 N–H and O–H groups in total. The SMILES string of the molecule is CC(=O)CC(=O)[O-].CC(=O)CC(=O)[O-].CC(=O)CC(=O)[O-].C[CH](C)[Zr+3]. The molecule has 0 aromatic rings. The average Bonchev–Trinajstić information content (AvgIpc) is 2.22. The number of ketones is 3. The molecule has 10 heteroatoms. The van der Waals surface area contributed by atoms with Gasteiger partial charge in [0.1, 0.15) is 17.3 Å². The molecule has 0 radical (unpaired) electrons. The summed E-state index contributed by atoms with van der Waals surface area (Å²) in [5.41, 5.74) is 0. The first-order valence-corrected chi connectivity index (χ1v) is 8.32. The van der Waals surface area contributed by atoms with Crippen molar-refractivity contribution >= 4 is 35.3 Å². The zero-order valence-electron chi connectivity index (χ0n) is 14.9. The summed E-state index contributed by atoms with van der Waals surface area (Å²) < 4.78 is 0.923. The van der Waals surface area contributed by atoms with Gasteiger partial charge in [-0.2, -0.15) is 0 Å². The van der Waals surface area contributed by atoms with Crippen molar-refractivity contribution < 1.29 is 68.8 Å². The monoisotopic (exact) mass is 436 g/mol. The van der Waals surface area contributed by atoms with Crippen molar-refractivity contribution in [3.05, 3.63) is 0 Å². The molecule has 0 saturated carbocycles. The molecule has 0 amide bonds. The second-order valence-electron chi connectivity index (χ2n) is 4.91. The normalized spacial score (nSPS) is 8.32. The Bertz CT molecular complexity index is 355. The Kier molecular flexibility index (Phi) is 25.3. The third-order valence-electron chi connectivity index (χ3n) is 1.18. The number of carbonyl (C=O) groups excluding carboxylic acids is 6. The van der Waals surface area contributed by atoms with E-state index >= 15 is 0 Å². The molecule has 140 valence electrons. The molecule has 0 atom stereocenters. The zero-order valence-corrected chi connectivity index (χ0v) is 17.3. The summed E-state index contributed by atoms with van der Waals surface area (Å²) in [4.78, 5) is 57.9. The van der Waals surface area contributed by atoms with Crippen molar-refractivity contribution in [2.75, 3.05) is 0 Å². The quantitative estimate of drug-likeness (QED) is 0.407. The van der Waals surface area contributed by atoms with Gasteiger partial charge in [0.2, 0.25) is 0 Å². The fraction of sp³-hybridized carbons (Fsp3) is 0.600. The summed E-state index contributed by atoms with van der Waals surface area (Å²) in [6, 6.07) is 0. The third-order valence-corrected chi connectivity index (χ3v) is 1.18. The van der Waals surface area contributed by atoms with Gasteiger partial charge in [-0.3, -0.25) is 14.4 Å². The van der Waals surface area contributed by atoms with Crippen LogP contribution in [0.3, 0.4) is 0 Å². The number of carbonyl (C=O) groups is 6. The summed E-state index contributed by atoms with van der Waals surface area (Å²) in [7, 11) is 0. The van der Waals surface area contributed by atoms with Gasteiger partial charge in [-0.05, 0) is 20.8 Å². The molecular weight excluding hydrogens is 415 g/mol. The average molecular weight is 438 g/mol. The number of Topliss-reactive ketones (excluding diaryl/α,β-unsaturated/α-hetero) is 3. The van der Waals surface area contributed by atoms with Crippen LogP contribution in [-0.2, 0) is 53.5 Å². The molecule has 0 rings (SSSR count). The molecule has 0 spiro atoms. The maximum atomic E-state index is 9.83. The van der Waals surface area contributed by atoms with Crippen LogP contribution in [0.15, 0.2) is 0 Å². The van der Waals surface area contributed by atoms with E-state index in [2.05, 4.69) is 13.8 Å². The number of hydrogen-bond acceptors (Lipinski definition) is 9. The number of aliphatic carboxylic acids is 3. The van der Waals surface area contributed by atoms with Crippen molar-refractivity contribution in [2.24, 2.45) is 0 Å². The standard InChI is InChI=1S/3C4H6O3.C3H7.Zr/c3*1-3(5)2-4(6)7;1-3-2;/h3*2H2,1H3,(H,6,7);3H,1-2H3;/q;;;;+3/p-3. The van der Waals surface area contributed by atoms with Gasteiger partial charge >= 0.3 is 42.2 Å². The van der Waals surface area contributed by atoms with Gasteiger partial charge in [-0.15, -0.1) is 0 Å². The summed E-state index contributed by atoms with van der Waals surface area (Å²) in [5.74, 6) is -5.06. The van der Waals surface area contributed by atoms with E-state index in [9.17, 15) is 44.1 Å². The van der Waals surface area contributed by atoms with Crippen LogP contribution in [0, 0.1) is 0 Å². The van der Waals surface area contributed by atoms with E-state index in [4.69, 9.17) is 0 Å². The molecule has 0 bridgehead atoms. The molecule has 0 saturated heterocycles. The van der Waals surface area contributed by atoms with Crippen molar-refractivity contribution in [1.29, 1.82) is 0 Å². The first-order valence-electron chi connectivity index (χ1n) is 6.90. The van der Waals surface area contributed by atoms with Crippen LogP contribution in [-0.4, -0.2) is 35.3 Å². The molecule has 25 heavy (non-hydrogen) atoms. The van der Waals surface area contributed by atoms with Gasteiger partial charge in [0.15, 0.2) is 0 Å². The first-order chi connectivity index (χ1) is 11.1. The zero-order chi connectivity index (χ0) is 21.2. The molecular formula is C15H22O9Zr. The molecule has 0 aliphatic carbocycles. The predicted octanol–water partition coefficient (Wildman–Crippen LogP) is -2.49. The molecule has 0 aromatic heterocycles. The summed E-state index contributed by atoms with van der Waals surface area (Å²) in [5, 5.41) is 28.4. The van der Waals surface area contributed by atoms with E-state index in [-0.39, 0.29) is 17.3 Å². The van der Waals surface area contributed by atoms with Crippen LogP contribution in [0.5, 0.6) is 0 Å². The number of hydrogen-bond donors (Lipinski definition) is 0. The summed E-state index contributed by atoms with van der Waals surface area (Å²) in [6.45, 7) is 8.03. The maximum absolute atomic E-state index is 9.83.